The van der Waals surface area contributed by atoms with Crippen LogP contribution >= 0.6 is 15.9 Å². The summed E-state index contributed by atoms with van der Waals surface area (Å²) in [5, 5.41) is 7.96. The van der Waals surface area contributed by atoms with Gasteiger partial charge in [-0.15, -0.1) is 0 Å². The monoisotopic (exact) mass is 363 g/mol. The molecule has 0 aliphatic heterocycles. The van der Waals surface area contributed by atoms with E-state index in [1.54, 1.807) is 13.8 Å². The van der Waals surface area contributed by atoms with Crippen LogP contribution in [-0.4, -0.2) is 15.4 Å². The average molecular weight is 364 g/mol. The van der Waals surface area contributed by atoms with E-state index in [9.17, 15) is 9.59 Å². The lowest BCUT2D eigenvalue weighted by molar-refractivity contribution is 0.386. The van der Waals surface area contributed by atoms with Gasteiger partial charge < -0.3 is 9.62 Å². The van der Waals surface area contributed by atoms with Crippen LogP contribution in [-0.2, 0) is 0 Å². The minimum absolute atomic E-state index is 0.248. The molecule has 114 valence electrons. The summed E-state index contributed by atoms with van der Waals surface area (Å²) in [6.45, 7) is 3.54. The minimum Gasteiger partial charge on any atom is -0.339 e. The lowest BCUT2D eigenvalue weighted by Crippen LogP contribution is -2.19. The van der Waals surface area contributed by atoms with E-state index in [2.05, 4.69) is 31.3 Å². The second kappa shape index (κ2) is 5.49. The molecular formula is C15H14BrN3O3. The van der Waals surface area contributed by atoms with E-state index in [1.807, 2.05) is 24.3 Å². The van der Waals surface area contributed by atoms with Crippen LogP contribution in [0.2, 0.25) is 0 Å². The first-order chi connectivity index (χ1) is 10.5. The fraction of sp³-hybridized carbons (Fsp3) is 0.200. The van der Waals surface area contributed by atoms with Crippen LogP contribution in [0.25, 0.3) is 0 Å². The molecule has 22 heavy (non-hydrogen) atoms. The van der Waals surface area contributed by atoms with Crippen molar-refractivity contribution in [2.24, 2.45) is 0 Å². The lowest BCUT2D eigenvalue weighted by Gasteiger charge is -2.15. The highest BCUT2D eigenvalue weighted by Gasteiger charge is 2.28. The fourth-order valence-electron chi connectivity index (χ4n) is 2.69. The lowest BCUT2D eigenvalue weighted by atomic mass is 9.85. The van der Waals surface area contributed by atoms with Gasteiger partial charge in [-0.05, 0) is 31.5 Å². The van der Waals surface area contributed by atoms with Gasteiger partial charge in [0, 0.05) is 10.2 Å². The second-order valence-electron chi connectivity index (χ2n) is 5.14. The Morgan fingerprint density at radius 2 is 1.86 bits per heavy atom. The van der Waals surface area contributed by atoms with Crippen molar-refractivity contribution in [3.05, 3.63) is 77.6 Å². The van der Waals surface area contributed by atoms with Gasteiger partial charge in [0.1, 0.15) is 0 Å². The maximum Gasteiger partial charge on any atom is 0.361 e. The second-order valence-corrected chi connectivity index (χ2v) is 6.05. The number of H-pyrrole nitrogens is 3. The number of aromatic nitrogens is 3. The van der Waals surface area contributed by atoms with E-state index in [1.165, 1.54) is 0 Å². The quantitative estimate of drug-likeness (QED) is 0.667. The highest BCUT2D eigenvalue weighted by atomic mass is 79.9. The fourth-order valence-corrected chi connectivity index (χ4v) is 3.10. The number of benzene rings is 1. The molecule has 0 aliphatic rings. The molecule has 0 fully saturated rings. The predicted molar refractivity (Wildman–Crippen MR) is 85.3 cm³/mol. The van der Waals surface area contributed by atoms with Crippen molar-refractivity contribution in [2.75, 3.05) is 0 Å². The highest BCUT2D eigenvalue weighted by Crippen LogP contribution is 2.32. The average Bonchev–Trinajstić information content (AvgIpc) is 2.97. The van der Waals surface area contributed by atoms with E-state index < -0.39 is 11.5 Å². The van der Waals surface area contributed by atoms with Crippen molar-refractivity contribution in [1.82, 2.24) is 15.4 Å². The summed E-state index contributed by atoms with van der Waals surface area (Å²) in [5.41, 5.74) is 2.35. The first-order valence-electron chi connectivity index (χ1n) is 6.69. The summed E-state index contributed by atoms with van der Waals surface area (Å²) in [4.78, 5) is 24.3. The van der Waals surface area contributed by atoms with Crippen molar-refractivity contribution in [3.63, 3.8) is 0 Å². The number of aromatic amines is 3. The Labute approximate surface area is 133 Å². The summed E-state index contributed by atoms with van der Waals surface area (Å²) >= 11 is 3.43. The van der Waals surface area contributed by atoms with E-state index in [0.29, 0.717) is 22.5 Å². The molecule has 2 heterocycles. The maximum absolute atomic E-state index is 12.2. The molecule has 0 saturated carbocycles. The van der Waals surface area contributed by atoms with Crippen LogP contribution in [0, 0.1) is 13.8 Å². The molecule has 0 radical (unpaired) electrons. The van der Waals surface area contributed by atoms with E-state index in [0.717, 1.165) is 10.0 Å². The van der Waals surface area contributed by atoms with Gasteiger partial charge in [-0.25, -0.2) is 9.95 Å². The zero-order valence-electron chi connectivity index (χ0n) is 12.0. The van der Waals surface area contributed by atoms with Crippen molar-refractivity contribution in [1.29, 1.82) is 0 Å². The van der Waals surface area contributed by atoms with Gasteiger partial charge in [0.2, 0.25) is 0 Å². The SMILES string of the molecule is Cc1[nH][nH]c(=O)c1[C@H](c1cccc(Br)c1)c1c(C)[nH]oc1=O. The number of rotatable bonds is 3. The summed E-state index contributed by atoms with van der Waals surface area (Å²) in [5.74, 6) is -0.505. The standard InChI is InChI=1S/C15H14BrN3O3/c1-7-11(14(20)18-17-7)13(9-4-3-5-10(16)6-9)12-8(2)19-22-15(12)21/h3-6,13,19H,1-2H3,(H2,17,18,20)/t13-/m0/s1. The molecule has 0 unspecified atom stereocenters. The molecule has 0 spiro atoms. The van der Waals surface area contributed by atoms with Crippen LogP contribution in [0.3, 0.4) is 0 Å². The van der Waals surface area contributed by atoms with Crippen molar-refractivity contribution >= 4 is 15.9 Å². The van der Waals surface area contributed by atoms with Gasteiger partial charge in [0.25, 0.3) is 5.56 Å². The van der Waals surface area contributed by atoms with Crippen LogP contribution in [0.1, 0.15) is 34.0 Å². The zero-order chi connectivity index (χ0) is 15.9. The number of nitrogens with one attached hydrogen (secondary N) is 3. The molecule has 2 aromatic heterocycles. The van der Waals surface area contributed by atoms with Crippen LogP contribution in [0.4, 0.5) is 0 Å². The first-order valence-corrected chi connectivity index (χ1v) is 7.49. The third kappa shape index (κ3) is 2.37. The Morgan fingerprint density at radius 3 is 2.41 bits per heavy atom. The molecule has 0 amide bonds. The molecule has 3 aromatic rings. The number of hydrogen-bond acceptors (Lipinski definition) is 3. The van der Waals surface area contributed by atoms with Gasteiger partial charge in [0.15, 0.2) is 0 Å². The van der Waals surface area contributed by atoms with Gasteiger partial charge in [-0.2, -0.15) is 0 Å². The summed E-state index contributed by atoms with van der Waals surface area (Å²) in [6, 6.07) is 7.53. The largest absolute Gasteiger partial charge is 0.361 e. The Morgan fingerprint density at radius 1 is 1.09 bits per heavy atom. The summed E-state index contributed by atoms with van der Waals surface area (Å²) in [6.07, 6.45) is 0. The van der Waals surface area contributed by atoms with Gasteiger partial charge in [0.05, 0.1) is 22.7 Å². The van der Waals surface area contributed by atoms with Gasteiger partial charge >= 0.3 is 5.63 Å². The Bertz CT molecular complexity index is 878. The smallest absolute Gasteiger partial charge is 0.339 e. The molecule has 1 atom stereocenters. The summed E-state index contributed by atoms with van der Waals surface area (Å²) < 4.78 is 5.76. The van der Waals surface area contributed by atoms with Crippen molar-refractivity contribution in [3.8, 4) is 0 Å². The maximum atomic E-state index is 12.2. The molecule has 3 N–H and O–H groups in total. The normalized spacial score (nSPS) is 12.5. The van der Waals surface area contributed by atoms with E-state index >= 15 is 0 Å². The topological polar surface area (TPSA) is 94.7 Å². The molecule has 0 bridgehead atoms. The third-order valence-corrected chi connectivity index (χ3v) is 4.19. The molecule has 0 aliphatic carbocycles. The Kier molecular flexibility index (Phi) is 3.66. The van der Waals surface area contributed by atoms with Crippen molar-refractivity contribution < 1.29 is 4.52 Å². The Hall–Kier alpha value is -2.28. The van der Waals surface area contributed by atoms with Crippen LogP contribution in [0.15, 0.2) is 42.9 Å². The molecule has 7 heteroatoms. The summed E-state index contributed by atoms with van der Waals surface area (Å²) in [7, 11) is 0. The number of aryl methyl sites for hydroxylation is 2. The zero-order valence-corrected chi connectivity index (χ0v) is 13.6. The van der Waals surface area contributed by atoms with Crippen LogP contribution in [0.5, 0.6) is 0 Å². The first kappa shape index (κ1) is 14.6. The molecule has 3 rings (SSSR count). The minimum atomic E-state index is -0.505. The van der Waals surface area contributed by atoms with Gasteiger partial charge in [-0.1, -0.05) is 28.1 Å². The third-order valence-electron chi connectivity index (χ3n) is 3.69. The number of hydrogen-bond donors (Lipinski definition) is 3. The van der Waals surface area contributed by atoms with Gasteiger partial charge in [-0.3, -0.25) is 9.89 Å². The highest BCUT2D eigenvalue weighted by molar-refractivity contribution is 9.10. The van der Waals surface area contributed by atoms with Crippen LogP contribution < -0.4 is 11.2 Å². The van der Waals surface area contributed by atoms with E-state index in [4.69, 9.17) is 4.52 Å². The number of halogens is 1. The predicted octanol–water partition coefficient (Wildman–Crippen LogP) is 2.54. The van der Waals surface area contributed by atoms with E-state index in [-0.39, 0.29) is 5.56 Å². The molecule has 6 nitrogen and oxygen atoms in total. The molecule has 0 saturated heterocycles. The molecule has 1 aromatic carbocycles. The van der Waals surface area contributed by atoms with Crippen molar-refractivity contribution in [2.45, 2.75) is 19.8 Å². The molecular weight excluding hydrogens is 350 g/mol. The Balaban J connectivity index is 2.33.